The van der Waals surface area contributed by atoms with E-state index in [-0.39, 0.29) is 11.3 Å². The normalized spacial score (nSPS) is 11.4. The van der Waals surface area contributed by atoms with Crippen LogP contribution in [0.4, 0.5) is 5.69 Å². The molecular weight excluding hydrogens is 242 g/mol. The van der Waals surface area contributed by atoms with Crippen molar-refractivity contribution in [2.45, 2.75) is 27.2 Å². The van der Waals surface area contributed by atoms with E-state index in [1.807, 2.05) is 6.92 Å². The lowest BCUT2D eigenvalue weighted by Crippen LogP contribution is -2.35. The molecule has 0 bridgehead atoms. The van der Waals surface area contributed by atoms with Gasteiger partial charge in [0.05, 0.1) is 5.56 Å². The van der Waals surface area contributed by atoms with Crippen molar-refractivity contribution in [2.75, 3.05) is 26.0 Å². The number of hydrogen-bond acceptors (Lipinski definition) is 4. The summed E-state index contributed by atoms with van der Waals surface area (Å²) in [6.07, 6.45) is 2.40. The minimum atomic E-state index is -0.185. The van der Waals surface area contributed by atoms with E-state index < -0.39 is 0 Å². The van der Waals surface area contributed by atoms with Crippen LogP contribution in [-0.4, -0.2) is 31.2 Å². The van der Waals surface area contributed by atoms with Gasteiger partial charge in [0.2, 0.25) is 0 Å². The summed E-state index contributed by atoms with van der Waals surface area (Å²) in [4.78, 5) is 16.1. The molecule has 0 aliphatic rings. The van der Waals surface area contributed by atoms with Gasteiger partial charge in [0, 0.05) is 37.8 Å². The van der Waals surface area contributed by atoms with Gasteiger partial charge in [0.15, 0.2) is 0 Å². The Labute approximate surface area is 114 Å². The Morgan fingerprint density at radius 3 is 2.79 bits per heavy atom. The van der Waals surface area contributed by atoms with Crippen molar-refractivity contribution >= 4 is 11.6 Å². The molecule has 19 heavy (non-hydrogen) atoms. The van der Waals surface area contributed by atoms with Gasteiger partial charge in [-0.2, -0.15) is 0 Å². The fraction of sp³-hybridized carbons (Fsp3) is 0.571. The first kappa shape index (κ1) is 15.4. The van der Waals surface area contributed by atoms with E-state index in [2.05, 4.69) is 24.1 Å². The maximum absolute atomic E-state index is 12.0. The van der Waals surface area contributed by atoms with Gasteiger partial charge in [-0.05, 0) is 24.8 Å². The number of nitrogens with one attached hydrogen (secondary N) is 1. The number of nitrogens with two attached hydrogens (primary N) is 1. The number of ether oxygens (including phenoxy) is 1. The molecule has 5 nitrogen and oxygen atoms in total. The number of rotatable bonds is 6. The van der Waals surface area contributed by atoms with Crippen LogP contribution in [0.25, 0.3) is 0 Å². The van der Waals surface area contributed by atoms with Crippen LogP contribution in [0.15, 0.2) is 12.3 Å². The summed E-state index contributed by atoms with van der Waals surface area (Å²) in [6.45, 7) is 7.26. The topological polar surface area (TPSA) is 77.2 Å². The van der Waals surface area contributed by atoms with Crippen LogP contribution in [0.5, 0.6) is 0 Å². The molecule has 0 aliphatic carbocycles. The molecule has 0 saturated heterocycles. The molecule has 0 unspecified atom stereocenters. The first-order valence-electron chi connectivity index (χ1n) is 6.35. The highest BCUT2D eigenvalue weighted by molar-refractivity contribution is 5.98. The van der Waals surface area contributed by atoms with E-state index in [1.54, 1.807) is 13.2 Å². The Morgan fingerprint density at radius 2 is 2.21 bits per heavy atom. The van der Waals surface area contributed by atoms with Gasteiger partial charge in [-0.25, -0.2) is 0 Å². The summed E-state index contributed by atoms with van der Waals surface area (Å²) in [6, 6.07) is 1.70. The fourth-order valence-electron chi connectivity index (χ4n) is 1.65. The molecule has 0 saturated carbocycles. The average Bonchev–Trinajstić information content (AvgIpc) is 2.34. The number of amides is 1. The fourth-order valence-corrected chi connectivity index (χ4v) is 1.65. The van der Waals surface area contributed by atoms with Crippen LogP contribution >= 0.6 is 0 Å². The number of aryl methyl sites for hydroxylation is 1. The third-order valence-electron chi connectivity index (χ3n) is 3.03. The largest absolute Gasteiger partial charge is 0.398 e. The number of aromatic nitrogens is 1. The molecule has 1 rings (SSSR count). The molecule has 1 aromatic heterocycles. The van der Waals surface area contributed by atoms with Gasteiger partial charge < -0.3 is 15.8 Å². The van der Waals surface area contributed by atoms with Crippen molar-refractivity contribution in [2.24, 2.45) is 5.41 Å². The lowest BCUT2D eigenvalue weighted by atomic mass is 9.89. The molecule has 1 amide bonds. The maximum Gasteiger partial charge on any atom is 0.254 e. The summed E-state index contributed by atoms with van der Waals surface area (Å²) in [5.41, 5.74) is 7.49. The van der Waals surface area contributed by atoms with Crippen LogP contribution in [-0.2, 0) is 4.74 Å². The number of anilines is 1. The molecule has 0 fully saturated rings. The third-order valence-corrected chi connectivity index (χ3v) is 3.03. The lowest BCUT2D eigenvalue weighted by Gasteiger charge is -2.24. The van der Waals surface area contributed by atoms with E-state index in [1.165, 1.54) is 6.20 Å². The minimum absolute atomic E-state index is 0.0153. The molecule has 0 spiro atoms. The average molecular weight is 265 g/mol. The molecule has 0 atom stereocenters. The standard InChI is InChI=1S/C14H23N3O2/c1-10-7-12(15)11(8-16-10)13(18)17-9-14(2,3)5-6-19-4/h7-8H,5-6,9H2,1-4H3,(H2,15,16)(H,17,18). The first-order valence-corrected chi connectivity index (χ1v) is 6.35. The highest BCUT2D eigenvalue weighted by atomic mass is 16.5. The van der Waals surface area contributed by atoms with Crippen molar-refractivity contribution < 1.29 is 9.53 Å². The van der Waals surface area contributed by atoms with E-state index >= 15 is 0 Å². The Hall–Kier alpha value is -1.62. The Balaban J connectivity index is 2.60. The first-order chi connectivity index (χ1) is 8.85. The Morgan fingerprint density at radius 1 is 1.53 bits per heavy atom. The summed E-state index contributed by atoms with van der Waals surface area (Å²) in [5, 5.41) is 2.89. The van der Waals surface area contributed by atoms with E-state index in [0.29, 0.717) is 24.4 Å². The van der Waals surface area contributed by atoms with Crippen molar-refractivity contribution in [3.05, 3.63) is 23.5 Å². The second-order valence-corrected chi connectivity index (χ2v) is 5.50. The Kier molecular flexibility index (Phi) is 5.30. The number of pyridine rings is 1. The highest BCUT2D eigenvalue weighted by Gasteiger charge is 2.19. The summed E-state index contributed by atoms with van der Waals surface area (Å²) in [7, 11) is 1.67. The zero-order chi connectivity index (χ0) is 14.5. The second-order valence-electron chi connectivity index (χ2n) is 5.50. The Bertz CT molecular complexity index is 444. The summed E-state index contributed by atoms with van der Waals surface area (Å²) < 4.78 is 5.06. The smallest absolute Gasteiger partial charge is 0.254 e. The highest BCUT2D eigenvalue weighted by Crippen LogP contribution is 2.19. The number of carbonyl (C=O) groups is 1. The lowest BCUT2D eigenvalue weighted by molar-refractivity contribution is 0.0921. The van der Waals surface area contributed by atoms with Gasteiger partial charge in [-0.3, -0.25) is 9.78 Å². The third kappa shape index (κ3) is 4.87. The predicted molar refractivity (Wildman–Crippen MR) is 76.0 cm³/mol. The maximum atomic E-state index is 12.0. The molecule has 1 aromatic rings. The van der Waals surface area contributed by atoms with Crippen LogP contribution in [0.2, 0.25) is 0 Å². The van der Waals surface area contributed by atoms with Crippen LogP contribution in [0.1, 0.15) is 36.3 Å². The number of carbonyl (C=O) groups excluding carboxylic acids is 1. The van der Waals surface area contributed by atoms with Crippen molar-refractivity contribution in [3.63, 3.8) is 0 Å². The zero-order valence-electron chi connectivity index (χ0n) is 12.1. The van der Waals surface area contributed by atoms with Crippen molar-refractivity contribution in [3.8, 4) is 0 Å². The molecule has 0 aromatic carbocycles. The van der Waals surface area contributed by atoms with Crippen LogP contribution in [0.3, 0.4) is 0 Å². The van der Waals surface area contributed by atoms with Gasteiger partial charge in [-0.1, -0.05) is 13.8 Å². The van der Waals surface area contributed by atoms with Gasteiger partial charge in [0.25, 0.3) is 5.91 Å². The quantitative estimate of drug-likeness (QED) is 0.821. The summed E-state index contributed by atoms with van der Waals surface area (Å²) in [5.74, 6) is -0.185. The molecule has 5 heteroatoms. The second kappa shape index (κ2) is 6.52. The molecule has 1 heterocycles. The van der Waals surface area contributed by atoms with Crippen molar-refractivity contribution in [1.29, 1.82) is 0 Å². The van der Waals surface area contributed by atoms with E-state index in [4.69, 9.17) is 10.5 Å². The molecule has 3 N–H and O–H groups in total. The number of nitrogens with zero attached hydrogens (tertiary/aromatic N) is 1. The summed E-state index contributed by atoms with van der Waals surface area (Å²) >= 11 is 0. The SMILES string of the molecule is COCCC(C)(C)CNC(=O)c1cnc(C)cc1N. The minimum Gasteiger partial charge on any atom is -0.398 e. The number of nitrogen functional groups attached to an aromatic ring is 1. The monoisotopic (exact) mass is 265 g/mol. The van der Waals surface area contributed by atoms with E-state index in [0.717, 1.165) is 12.1 Å². The molecule has 106 valence electrons. The number of methoxy groups -OCH3 is 1. The number of hydrogen-bond donors (Lipinski definition) is 2. The van der Waals surface area contributed by atoms with Crippen LogP contribution < -0.4 is 11.1 Å². The van der Waals surface area contributed by atoms with E-state index in [9.17, 15) is 4.79 Å². The van der Waals surface area contributed by atoms with Gasteiger partial charge in [-0.15, -0.1) is 0 Å². The molecule has 0 aliphatic heterocycles. The van der Waals surface area contributed by atoms with Crippen LogP contribution in [0, 0.1) is 12.3 Å². The van der Waals surface area contributed by atoms with Crippen molar-refractivity contribution in [1.82, 2.24) is 10.3 Å². The molecular formula is C14H23N3O2. The molecule has 0 radical (unpaired) electrons. The zero-order valence-corrected chi connectivity index (χ0v) is 12.1. The van der Waals surface area contributed by atoms with Gasteiger partial charge >= 0.3 is 0 Å². The van der Waals surface area contributed by atoms with Gasteiger partial charge in [0.1, 0.15) is 0 Å². The predicted octanol–water partition coefficient (Wildman–Crippen LogP) is 1.76.